The molecule has 2 aliphatic carbocycles. The minimum atomic E-state index is -2.32. The fourth-order valence-corrected chi connectivity index (χ4v) is 6.67. The minimum absolute atomic E-state index is 0.111. The first-order valence-corrected chi connectivity index (χ1v) is 13.7. The van der Waals surface area contributed by atoms with Crippen LogP contribution < -0.4 is 0 Å². The summed E-state index contributed by atoms with van der Waals surface area (Å²) in [4.78, 5) is 62.5. The number of rotatable bonds is 5. The molecule has 41 heavy (non-hydrogen) atoms. The fourth-order valence-electron chi connectivity index (χ4n) is 6.50. The number of carbonyl (C=O) groups excluding carboxylic acids is 5. The molecule has 0 bridgehead atoms. The number of alkyl halides is 1. The summed E-state index contributed by atoms with van der Waals surface area (Å²) in [6, 6.07) is 0. The lowest BCUT2D eigenvalue weighted by Gasteiger charge is -2.60. The van der Waals surface area contributed by atoms with Crippen molar-refractivity contribution < 1.29 is 57.9 Å². The quantitative estimate of drug-likeness (QED) is 0.265. The largest absolute Gasteiger partial charge is 0.462 e. The molecule has 13 heteroatoms. The van der Waals surface area contributed by atoms with E-state index in [0.717, 1.165) is 27.7 Å². The Hall–Kier alpha value is -2.96. The van der Waals surface area contributed by atoms with Gasteiger partial charge in [0.2, 0.25) is 0 Å². The average Bonchev–Trinajstić information content (AvgIpc) is 3.05. The van der Waals surface area contributed by atoms with E-state index in [1.165, 1.54) is 39.0 Å². The van der Waals surface area contributed by atoms with Crippen molar-refractivity contribution in [2.24, 2.45) is 17.3 Å². The maximum Gasteiger partial charge on any atom is 0.312 e. The third kappa shape index (κ3) is 5.87. The van der Waals surface area contributed by atoms with Crippen LogP contribution in [0, 0.1) is 17.3 Å². The van der Waals surface area contributed by atoms with Crippen LogP contribution in [0.1, 0.15) is 54.9 Å². The Bertz CT molecular complexity index is 1160. The van der Waals surface area contributed by atoms with Crippen LogP contribution in [0.5, 0.6) is 0 Å². The number of carbonyl (C=O) groups is 5. The summed E-state index contributed by atoms with van der Waals surface area (Å²) in [6.45, 7) is 8.72. The molecule has 0 amide bonds. The van der Waals surface area contributed by atoms with Crippen LogP contribution in [-0.2, 0) is 47.7 Å². The molecular weight excluding hydrogens is 564 g/mol. The van der Waals surface area contributed by atoms with Gasteiger partial charge in [0.25, 0.3) is 0 Å². The second-order valence-corrected chi connectivity index (χ2v) is 11.5. The van der Waals surface area contributed by atoms with E-state index in [0.29, 0.717) is 5.57 Å². The summed E-state index contributed by atoms with van der Waals surface area (Å²) in [5.41, 5.74) is -5.76. The highest BCUT2D eigenvalue weighted by atomic mass is 35.5. The summed E-state index contributed by atoms with van der Waals surface area (Å²) in [5, 5.41) is 24.7. The van der Waals surface area contributed by atoms with Crippen molar-refractivity contribution >= 4 is 41.4 Å². The van der Waals surface area contributed by atoms with Gasteiger partial charge in [0.15, 0.2) is 11.7 Å². The van der Waals surface area contributed by atoms with Gasteiger partial charge in [-0.3, -0.25) is 24.0 Å². The van der Waals surface area contributed by atoms with Gasteiger partial charge in [-0.15, -0.1) is 11.6 Å². The first kappa shape index (κ1) is 32.6. The Kier molecular flexibility index (Phi) is 9.31. The van der Waals surface area contributed by atoms with E-state index in [9.17, 15) is 34.2 Å². The van der Waals surface area contributed by atoms with E-state index in [4.69, 9.17) is 35.3 Å². The molecule has 1 saturated heterocycles. The number of esters is 5. The molecule has 3 aliphatic rings. The van der Waals surface area contributed by atoms with E-state index >= 15 is 0 Å². The normalized spacial score (nSPS) is 42.2. The molecule has 0 aromatic heterocycles. The Balaban J connectivity index is 2.50. The molecule has 0 aromatic rings. The van der Waals surface area contributed by atoms with Crippen LogP contribution in [0.4, 0.5) is 0 Å². The van der Waals surface area contributed by atoms with Crippen LogP contribution in [0.2, 0.25) is 0 Å². The Morgan fingerprint density at radius 1 is 0.951 bits per heavy atom. The predicted molar refractivity (Wildman–Crippen MR) is 141 cm³/mol. The molecule has 3 rings (SSSR count). The number of hydrogen-bond donors (Lipinski definition) is 2. The smallest absolute Gasteiger partial charge is 0.312 e. The number of allylic oxidation sites excluding steroid dienone is 2. The van der Waals surface area contributed by atoms with Crippen molar-refractivity contribution in [1.82, 2.24) is 0 Å². The average molecular weight is 601 g/mol. The van der Waals surface area contributed by atoms with E-state index < -0.39 is 88.8 Å². The lowest BCUT2D eigenvalue weighted by molar-refractivity contribution is -0.286. The van der Waals surface area contributed by atoms with Crippen molar-refractivity contribution in [3.8, 4) is 0 Å². The highest BCUT2D eigenvalue weighted by Crippen LogP contribution is 2.57. The molecule has 1 heterocycles. The molecule has 12 nitrogen and oxygen atoms in total. The van der Waals surface area contributed by atoms with E-state index in [1.54, 1.807) is 0 Å². The van der Waals surface area contributed by atoms with Gasteiger partial charge in [0, 0.05) is 45.9 Å². The second-order valence-electron chi connectivity index (χ2n) is 11.3. The predicted octanol–water partition coefficient (Wildman–Crippen LogP) is 1.52. The van der Waals surface area contributed by atoms with Crippen molar-refractivity contribution in [2.45, 2.75) is 96.6 Å². The molecule has 0 unspecified atom stereocenters. The third-order valence-electron chi connectivity index (χ3n) is 8.40. The molecule has 0 aromatic carbocycles. The van der Waals surface area contributed by atoms with Gasteiger partial charge in [0.05, 0.1) is 11.3 Å². The first-order valence-electron chi connectivity index (χ1n) is 13.2. The van der Waals surface area contributed by atoms with Gasteiger partial charge in [-0.2, -0.15) is 0 Å². The lowest BCUT2D eigenvalue weighted by Crippen LogP contribution is -2.74. The molecule has 1 aliphatic heterocycles. The van der Waals surface area contributed by atoms with E-state index in [1.807, 2.05) is 0 Å². The molecule has 0 spiro atoms. The van der Waals surface area contributed by atoms with Crippen molar-refractivity contribution in [3.05, 3.63) is 23.8 Å². The van der Waals surface area contributed by atoms with Crippen LogP contribution in [0.25, 0.3) is 0 Å². The van der Waals surface area contributed by atoms with Gasteiger partial charge < -0.3 is 33.9 Å². The van der Waals surface area contributed by atoms with Gasteiger partial charge >= 0.3 is 29.8 Å². The molecular formula is C28H37ClO12. The summed E-state index contributed by atoms with van der Waals surface area (Å²) in [7, 11) is 0. The number of hydrogen-bond acceptors (Lipinski definition) is 12. The molecule has 2 fully saturated rings. The van der Waals surface area contributed by atoms with E-state index in [2.05, 4.69) is 0 Å². The summed E-state index contributed by atoms with van der Waals surface area (Å²) in [5.74, 6) is -6.86. The second kappa shape index (κ2) is 11.7. The monoisotopic (exact) mass is 600 g/mol. The van der Waals surface area contributed by atoms with Crippen LogP contribution in [-0.4, -0.2) is 87.7 Å². The molecule has 0 radical (unpaired) electrons. The van der Waals surface area contributed by atoms with Crippen LogP contribution >= 0.6 is 11.6 Å². The first-order chi connectivity index (χ1) is 18.9. The fraction of sp³-hybridized carbons (Fsp3) is 0.679. The molecule has 1 saturated carbocycles. The van der Waals surface area contributed by atoms with E-state index in [-0.39, 0.29) is 12.3 Å². The lowest BCUT2D eigenvalue weighted by atomic mass is 9.51. The summed E-state index contributed by atoms with van der Waals surface area (Å²) in [6.07, 6.45) is -2.92. The standard InChI is InChI=1S/C28H37ClO12/c1-13-25(34)41-22-10-18(12-29)8-9-19(37-14(2)30)26(6)20(38-15(3)31)11-21(39-16(4)32)27(7,35)23(26)24(28(13,22)36)40-17(5)33/h8-10,13,19-24,35-36H,11-12H2,1-7H3/b9-8-,18-10+/t13-,19+,20-,21+,22-,23+,24+,26-,27+,28-/m0/s1. The van der Waals surface area contributed by atoms with Crippen LogP contribution in [0.15, 0.2) is 23.8 Å². The van der Waals surface area contributed by atoms with Crippen molar-refractivity contribution in [2.75, 3.05) is 5.88 Å². The zero-order valence-electron chi connectivity index (χ0n) is 24.0. The Labute approximate surface area is 242 Å². The third-order valence-corrected chi connectivity index (χ3v) is 8.71. The van der Waals surface area contributed by atoms with Gasteiger partial charge in [0.1, 0.15) is 30.0 Å². The molecule has 228 valence electrons. The van der Waals surface area contributed by atoms with Gasteiger partial charge in [-0.25, -0.2) is 0 Å². The van der Waals surface area contributed by atoms with Gasteiger partial charge in [-0.05, 0) is 31.6 Å². The minimum Gasteiger partial charge on any atom is -0.462 e. The maximum absolute atomic E-state index is 12.9. The number of fused-ring (bicyclic) bond motifs is 2. The summed E-state index contributed by atoms with van der Waals surface area (Å²) >= 11 is 6.17. The topological polar surface area (TPSA) is 172 Å². The van der Waals surface area contributed by atoms with Crippen LogP contribution in [0.3, 0.4) is 0 Å². The maximum atomic E-state index is 12.9. The van der Waals surface area contributed by atoms with Crippen molar-refractivity contribution in [3.63, 3.8) is 0 Å². The zero-order valence-corrected chi connectivity index (χ0v) is 24.8. The number of ether oxygens (including phenoxy) is 5. The molecule has 10 atom stereocenters. The Morgan fingerprint density at radius 3 is 2.00 bits per heavy atom. The Morgan fingerprint density at radius 2 is 1.49 bits per heavy atom. The SMILES string of the molecule is CC(=O)O[C@H]1C[C@@H](OC(C)=O)[C@@](C)(O)[C@@H]2[C@@H](OC(C)=O)[C@@]3(O)[C@H](/C=C(CCl)\C=C/[C@@H](OC(C)=O)[C@@]12C)OC(=O)[C@@H]3C. The van der Waals surface area contributed by atoms with Crippen molar-refractivity contribution in [1.29, 1.82) is 0 Å². The molecule has 2 N–H and O–H groups in total. The zero-order chi connectivity index (χ0) is 31.1. The summed E-state index contributed by atoms with van der Waals surface area (Å²) < 4.78 is 28.2. The highest BCUT2D eigenvalue weighted by Gasteiger charge is 2.72. The number of halogens is 1. The highest BCUT2D eigenvalue weighted by molar-refractivity contribution is 6.19. The van der Waals surface area contributed by atoms with Gasteiger partial charge in [-0.1, -0.05) is 13.0 Å². The number of aliphatic hydroxyl groups is 2.